The number of aromatic nitrogens is 2. The van der Waals surface area contributed by atoms with Crippen LogP contribution in [0.2, 0.25) is 0 Å². The zero-order valence-corrected chi connectivity index (χ0v) is 17.0. The highest BCUT2D eigenvalue weighted by molar-refractivity contribution is 7.91. The van der Waals surface area contributed by atoms with Crippen molar-refractivity contribution in [1.82, 2.24) is 9.97 Å². The molecule has 0 spiro atoms. The molecule has 0 aliphatic rings. The fraction of sp³-hybridized carbons (Fsp3) is 0.0476. The van der Waals surface area contributed by atoms with Crippen LogP contribution in [0.5, 0.6) is 0 Å². The summed E-state index contributed by atoms with van der Waals surface area (Å²) in [5.41, 5.74) is 3.87. The van der Waals surface area contributed by atoms with Crippen molar-refractivity contribution in [1.29, 1.82) is 0 Å². The van der Waals surface area contributed by atoms with E-state index in [1.807, 2.05) is 47.8 Å². The lowest BCUT2D eigenvalue weighted by molar-refractivity contribution is 0.600. The van der Waals surface area contributed by atoms with Crippen molar-refractivity contribution in [3.8, 4) is 11.3 Å². The van der Waals surface area contributed by atoms with E-state index in [-0.39, 0.29) is 5.75 Å². The van der Waals surface area contributed by atoms with Crippen molar-refractivity contribution in [2.24, 2.45) is 0 Å². The fourth-order valence-electron chi connectivity index (χ4n) is 2.74. The van der Waals surface area contributed by atoms with Crippen LogP contribution < -0.4 is 10.0 Å². The summed E-state index contributed by atoms with van der Waals surface area (Å²) in [6.45, 7) is 0. The molecule has 6 nitrogen and oxygen atoms in total. The number of hydrogen-bond donors (Lipinski definition) is 2. The van der Waals surface area contributed by atoms with Crippen molar-refractivity contribution in [2.75, 3.05) is 10.0 Å². The van der Waals surface area contributed by atoms with Gasteiger partial charge in [-0.1, -0.05) is 42.5 Å². The normalized spacial score (nSPS) is 11.2. The summed E-state index contributed by atoms with van der Waals surface area (Å²) in [7, 11) is -3.48. The van der Waals surface area contributed by atoms with E-state index < -0.39 is 10.0 Å². The summed E-state index contributed by atoms with van der Waals surface area (Å²) < 4.78 is 27.4. The van der Waals surface area contributed by atoms with Gasteiger partial charge < -0.3 is 5.32 Å². The van der Waals surface area contributed by atoms with Gasteiger partial charge in [-0.3, -0.25) is 9.71 Å². The van der Waals surface area contributed by atoms with Crippen LogP contribution in [0.25, 0.3) is 11.3 Å². The Kier molecular flexibility index (Phi) is 5.55. The molecule has 0 unspecified atom stereocenters. The maximum absolute atomic E-state index is 12.4. The Hall–Kier alpha value is -3.23. The highest BCUT2D eigenvalue weighted by Crippen LogP contribution is 2.28. The zero-order chi connectivity index (χ0) is 20.1. The Morgan fingerprint density at radius 3 is 2.41 bits per heavy atom. The minimum absolute atomic E-state index is 0.0644. The van der Waals surface area contributed by atoms with Gasteiger partial charge in [-0.05, 0) is 29.8 Å². The SMILES string of the molecule is O=S(=O)(Cc1ccccc1)Nc1ccc(-c2csc(Nc3cccnc3)n2)cc1. The first-order valence-corrected chi connectivity index (χ1v) is 11.4. The van der Waals surface area contributed by atoms with E-state index in [0.717, 1.165) is 27.6 Å². The second-order valence-electron chi connectivity index (χ2n) is 6.33. The van der Waals surface area contributed by atoms with Gasteiger partial charge in [0.05, 0.1) is 23.3 Å². The molecule has 0 saturated heterocycles. The molecule has 146 valence electrons. The molecule has 2 heterocycles. The van der Waals surface area contributed by atoms with E-state index in [9.17, 15) is 8.42 Å². The number of hydrogen-bond acceptors (Lipinski definition) is 6. The van der Waals surface area contributed by atoms with E-state index in [0.29, 0.717) is 5.69 Å². The predicted octanol–water partition coefficient (Wildman–Crippen LogP) is 4.89. The van der Waals surface area contributed by atoms with E-state index >= 15 is 0 Å². The van der Waals surface area contributed by atoms with Gasteiger partial charge in [-0.25, -0.2) is 13.4 Å². The second kappa shape index (κ2) is 8.42. The maximum Gasteiger partial charge on any atom is 0.236 e. The van der Waals surface area contributed by atoms with Crippen LogP contribution >= 0.6 is 11.3 Å². The Balaban J connectivity index is 1.43. The average Bonchev–Trinajstić information content (AvgIpc) is 3.18. The monoisotopic (exact) mass is 422 g/mol. The van der Waals surface area contributed by atoms with Crippen LogP contribution in [0.15, 0.2) is 84.5 Å². The molecule has 0 saturated carbocycles. The van der Waals surface area contributed by atoms with Crippen molar-refractivity contribution in [3.05, 3.63) is 90.1 Å². The number of nitrogens with zero attached hydrogens (tertiary/aromatic N) is 2. The Labute approximate surface area is 173 Å². The lowest BCUT2D eigenvalue weighted by atomic mass is 10.1. The number of rotatable bonds is 7. The zero-order valence-electron chi connectivity index (χ0n) is 15.3. The molecule has 0 bridgehead atoms. The van der Waals surface area contributed by atoms with Crippen molar-refractivity contribution in [3.63, 3.8) is 0 Å². The summed E-state index contributed by atoms with van der Waals surface area (Å²) in [4.78, 5) is 8.65. The minimum Gasteiger partial charge on any atom is -0.330 e. The van der Waals surface area contributed by atoms with Gasteiger partial charge in [0.1, 0.15) is 0 Å². The number of sulfonamides is 1. The third-order valence-corrected chi connectivity index (χ3v) is 6.09. The topological polar surface area (TPSA) is 84.0 Å². The highest BCUT2D eigenvalue weighted by Gasteiger charge is 2.12. The van der Waals surface area contributed by atoms with E-state index in [1.54, 1.807) is 36.7 Å². The third kappa shape index (κ3) is 5.18. The Morgan fingerprint density at radius 1 is 0.897 bits per heavy atom. The smallest absolute Gasteiger partial charge is 0.236 e. The molecule has 0 amide bonds. The summed E-state index contributed by atoms with van der Waals surface area (Å²) in [5, 5.41) is 5.93. The van der Waals surface area contributed by atoms with Gasteiger partial charge in [0, 0.05) is 22.8 Å². The quantitative estimate of drug-likeness (QED) is 0.443. The summed E-state index contributed by atoms with van der Waals surface area (Å²) in [6.07, 6.45) is 3.45. The molecular formula is C21H18N4O2S2. The highest BCUT2D eigenvalue weighted by atomic mass is 32.2. The molecule has 2 aromatic carbocycles. The summed E-state index contributed by atoms with van der Waals surface area (Å²) >= 11 is 1.49. The molecule has 4 aromatic rings. The van der Waals surface area contributed by atoms with Gasteiger partial charge in [0.2, 0.25) is 10.0 Å². The van der Waals surface area contributed by atoms with Gasteiger partial charge >= 0.3 is 0 Å². The minimum atomic E-state index is -3.48. The lowest BCUT2D eigenvalue weighted by Crippen LogP contribution is -2.14. The molecule has 4 rings (SSSR count). The van der Waals surface area contributed by atoms with Gasteiger partial charge in [-0.2, -0.15) is 0 Å². The molecule has 2 N–H and O–H groups in total. The summed E-state index contributed by atoms with van der Waals surface area (Å²) in [6, 6.07) is 20.1. The van der Waals surface area contributed by atoms with Crippen LogP contribution in [0.4, 0.5) is 16.5 Å². The molecular weight excluding hydrogens is 404 g/mol. The number of anilines is 3. The molecule has 0 atom stereocenters. The molecule has 29 heavy (non-hydrogen) atoms. The molecule has 0 fully saturated rings. The molecule has 2 aromatic heterocycles. The van der Waals surface area contributed by atoms with Gasteiger partial charge in [-0.15, -0.1) is 11.3 Å². The van der Waals surface area contributed by atoms with Gasteiger partial charge in [0.15, 0.2) is 5.13 Å². The Morgan fingerprint density at radius 2 is 1.69 bits per heavy atom. The lowest BCUT2D eigenvalue weighted by Gasteiger charge is -2.08. The Bertz CT molecular complexity index is 1180. The standard InChI is InChI=1S/C21H18N4O2S2/c26-29(27,15-16-5-2-1-3-6-16)25-18-10-8-17(9-11-18)20-14-28-21(24-20)23-19-7-4-12-22-13-19/h1-14,25H,15H2,(H,23,24). The largest absolute Gasteiger partial charge is 0.330 e. The first kappa shape index (κ1) is 19.1. The first-order chi connectivity index (χ1) is 14.1. The summed E-state index contributed by atoms with van der Waals surface area (Å²) in [5.74, 6) is -0.0644. The van der Waals surface area contributed by atoms with E-state index in [1.165, 1.54) is 11.3 Å². The molecule has 0 radical (unpaired) electrons. The third-order valence-electron chi connectivity index (χ3n) is 4.07. The average molecular weight is 423 g/mol. The van der Waals surface area contributed by atoms with E-state index in [4.69, 9.17) is 0 Å². The van der Waals surface area contributed by atoms with Crippen molar-refractivity contribution >= 4 is 37.9 Å². The van der Waals surface area contributed by atoms with E-state index in [2.05, 4.69) is 20.0 Å². The van der Waals surface area contributed by atoms with Gasteiger partial charge in [0.25, 0.3) is 0 Å². The second-order valence-corrected chi connectivity index (χ2v) is 8.91. The van der Waals surface area contributed by atoms with Crippen LogP contribution in [0.1, 0.15) is 5.56 Å². The number of benzene rings is 2. The predicted molar refractivity (Wildman–Crippen MR) is 118 cm³/mol. The molecule has 8 heteroatoms. The van der Waals surface area contributed by atoms with Crippen molar-refractivity contribution < 1.29 is 8.42 Å². The van der Waals surface area contributed by atoms with Crippen LogP contribution in [0.3, 0.4) is 0 Å². The fourth-order valence-corrected chi connectivity index (χ4v) is 4.68. The number of thiazole rings is 1. The maximum atomic E-state index is 12.4. The number of nitrogens with one attached hydrogen (secondary N) is 2. The van der Waals surface area contributed by atoms with Crippen LogP contribution in [-0.4, -0.2) is 18.4 Å². The van der Waals surface area contributed by atoms with Crippen molar-refractivity contribution in [2.45, 2.75) is 5.75 Å². The number of pyridine rings is 1. The molecule has 0 aliphatic carbocycles. The van der Waals surface area contributed by atoms with Crippen LogP contribution in [0, 0.1) is 0 Å². The van der Waals surface area contributed by atoms with Crippen LogP contribution in [-0.2, 0) is 15.8 Å². The molecule has 0 aliphatic heterocycles. The first-order valence-electron chi connectivity index (χ1n) is 8.85.